The fraction of sp³-hybridized carbons (Fsp3) is 0.828. The molecule has 68 heavy (non-hydrogen) atoms. The molecule has 0 aliphatic heterocycles. The van der Waals surface area contributed by atoms with Crippen molar-refractivity contribution >= 4 is 19.7 Å². The minimum Gasteiger partial charge on any atom is -0.456 e. The minimum absolute atomic E-state index is 0.0355. The maximum Gasteiger partial charge on any atom is 0.472 e. The molecular weight excluding hydrogens is 868 g/mol. The molecule has 1 amide bonds. The number of amides is 1. The van der Waals surface area contributed by atoms with Crippen LogP contribution in [0.25, 0.3) is 0 Å². The van der Waals surface area contributed by atoms with E-state index in [4.69, 9.17) is 13.8 Å². The Bertz CT molecular complexity index is 1310. The van der Waals surface area contributed by atoms with E-state index in [1.54, 1.807) is 0 Å². The zero-order valence-corrected chi connectivity index (χ0v) is 46.2. The second kappa shape index (κ2) is 48.6. The number of unbranched alkanes of at least 4 members (excludes halogenated alkanes) is 30. The number of nitrogens with one attached hydrogen (secondary N) is 1. The monoisotopic (exact) mass is 978 g/mol. The molecule has 3 atom stereocenters. The number of allylic oxidation sites excluding steroid dienone is 7. The molecule has 398 valence electrons. The Morgan fingerprint density at radius 1 is 0.515 bits per heavy atom. The minimum atomic E-state index is -4.45. The lowest BCUT2D eigenvalue weighted by atomic mass is 10.0. The van der Waals surface area contributed by atoms with E-state index in [-0.39, 0.29) is 31.5 Å². The van der Waals surface area contributed by atoms with Crippen LogP contribution in [0.3, 0.4) is 0 Å². The molecule has 0 aliphatic carbocycles. The Labute approximate surface area is 420 Å². The molecule has 0 saturated heterocycles. The summed E-state index contributed by atoms with van der Waals surface area (Å²) in [4.78, 5) is 37.5. The quantitative estimate of drug-likeness (QED) is 0.0156. The van der Waals surface area contributed by atoms with Crippen molar-refractivity contribution in [2.24, 2.45) is 0 Å². The van der Waals surface area contributed by atoms with Crippen molar-refractivity contribution in [2.75, 3.05) is 40.9 Å². The molecule has 10 heteroatoms. The number of hydrogen-bond donors (Lipinski definition) is 2. The highest BCUT2D eigenvalue weighted by molar-refractivity contribution is 7.47. The van der Waals surface area contributed by atoms with Crippen molar-refractivity contribution < 1.29 is 37.3 Å². The summed E-state index contributed by atoms with van der Waals surface area (Å²) in [6.07, 6.45) is 58.1. The zero-order chi connectivity index (χ0) is 50.1. The highest BCUT2D eigenvalue weighted by Crippen LogP contribution is 2.43. The maximum atomic E-state index is 13.5. The number of ether oxygens (including phenoxy) is 1. The topological polar surface area (TPSA) is 111 Å². The van der Waals surface area contributed by atoms with E-state index in [1.807, 2.05) is 33.3 Å². The van der Waals surface area contributed by atoms with E-state index >= 15 is 0 Å². The Morgan fingerprint density at radius 3 is 1.38 bits per heavy atom. The third-order valence-corrected chi connectivity index (χ3v) is 13.5. The van der Waals surface area contributed by atoms with Gasteiger partial charge >= 0.3 is 13.8 Å². The lowest BCUT2D eigenvalue weighted by Crippen LogP contribution is -2.47. The normalized spacial score (nSPS) is 14.2. The molecule has 3 unspecified atom stereocenters. The molecule has 0 bridgehead atoms. The first-order valence-corrected chi connectivity index (χ1v) is 30.0. The molecule has 2 N–H and O–H groups in total. The van der Waals surface area contributed by atoms with Crippen LogP contribution in [0, 0.1) is 0 Å². The predicted molar refractivity (Wildman–Crippen MR) is 291 cm³/mol. The fourth-order valence-electron chi connectivity index (χ4n) is 8.04. The number of esters is 1. The van der Waals surface area contributed by atoms with Crippen LogP contribution in [-0.2, 0) is 27.9 Å². The van der Waals surface area contributed by atoms with Crippen LogP contribution in [-0.4, -0.2) is 74.3 Å². The van der Waals surface area contributed by atoms with Crippen molar-refractivity contribution in [3.05, 3.63) is 48.6 Å². The van der Waals surface area contributed by atoms with Gasteiger partial charge < -0.3 is 19.4 Å². The molecule has 0 aliphatic rings. The number of carbonyl (C=O) groups excluding carboxylic acids is 2. The molecule has 0 spiro atoms. The average Bonchev–Trinajstić information content (AvgIpc) is 3.29. The first-order valence-electron chi connectivity index (χ1n) is 28.5. The number of hydrogen-bond acceptors (Lipinski definition) is 6. The van der Waals surface area contributed by atoms with Crippen LogP contribution in [0.15, 0.2) is 48.6 Å². The summed E-state index contributed by atoms with van der Waals surface area (Å²) in [5, 5.41) is 3.04. The van der Waals surface area contributed by atoms with Gasteiger partial charge in [-0.05, 0) is 83.1 Å². The van der Waals surface area contributed by atoms with Crippen LogP contribution in [0.1, 0.15) is 258 Å². The molecule has 0 heterocycles. The van der Waals surface area contributed by atoms with E-state index < -0.39 is 20.0 Å². The van der Waals surface area contributed by atoms with Gasteiger partial charge in [0.15, 0.2) is 0 Å². The number of rotatable bonds is 51. The van der Waals surface area contributed by atoms with Gasteiger partial charge in [0, 0.05) is 12.8 Å². The first kappa shape index (κ1) is 66.0. The summed E-state index contributed by atoms with van der Waals surface area (Å²) in [5.74, 6) is -0.533. The second-order valence-corrected chi connectivity index (χ2v) is 21.9. The maximum absolute atomic E-state index is 13.5. The van der Waals surface area contributed by atoms with Gasteiger partial charge in [0.2, 0.25) is 5.91 Å². The SMILES string of the molecule is CCCCC/C=C/C=C/CCCCCCCCC(=O)NC(COP(=O)(O)OCC[N+](C)(C)C)C(/C=C/CCCCCCCCCCCCC)OC(=O)CCCCC/C=C\CCCCCCCCC. The molecule has 0 rings (SSSR count). The van der Waals surface area contributed by atoms with Crippen LogP contribution < -0.4 is 5.32 Å². The zero-order valence-electron chi connectivity index (χ0n) is 45.3. The summed E-state index contributed by atoms with van der Waals surface area (Å²) in [7, 11) is 1.48. The van der Waals surface area contributed by atoms with E-state index in [0.717, 1.165) is 83.5 Å². The highest BCUT2D eigenvalue weighted by atomic mass is 31.2. The molecule has 0 radical (unpaired) electrons. The first-order chi connectivity index (χ1) is 32.9. The third-order valence-electron chi connectivity index (χ3n) is 12.5. The number of phosphoric ester groups is 1. The summed E-state index contributed by atoms with van der Waals surface area (Å²) in [6.45, 7) is 6.96. The van der Waals surface area contributed by atoms with Crippen molar-refractivity contribution in [2.45, 2.75) is 270 Å². The number of nitrogens with zero attached hydrogens (tertiary/aromatic N) is 1. The number of carbonyl (C=O) groups is 2. The lowest BCUT2D eigenvalue weighted by Gasteiger charge is -2.27. The smallest absolute Gasteiger partial charge is 0.456 e. The molecule has 0 fully saturated rings. The van der Waals surface area contributed by atoms with Crippen LogP contribution in [0.2, 0.25) is 0 Å². The van der Waals surface area contributed by atoms with Gasteiger partial charge in [0.05, 0.1) is 33.8 Å². The molecule has 0 saturated carbocycles. The molecule has 0 aromatic rings. The van der Waals surface area contributed by atoms with Crippen LogP contribution in [0.5, 0.6) is 0 Å². The van der Waals surface area contributed by atoms with Gasteiger partial charge in [-0.25, -0.2) is 4.57 Å². The Morgan fingerprint density at radius 2 is 0.897 bits per heavy atom. The van der Waals surface area contributed by atoms with Crippen molar-refractivity contribution in [1.82, 2.24) is 5.32 Å². The standard InChI is InChI=1S/C58H109N2O7P/c1-7-10-13-16-19-22-25-28-30-32-35-38-41-44-47-50-57(61)59-55(54-66-68(63,64)65-53-52-60(4,5)6)56(49-46-43-40-37-34-31-27-24-21-18-15-12-9-3)67-58(62)51-48-45-42-39-36-33-29-26-23-20-17-14-11-8-2/h19,22,25,28,33,36,46,49,55-56H,7-18,20-21,23-24,26-27,29-32,34-35,37-45,47-48,50-54H2,1-6H3,(H-,59,61,63,64)/p+1/b22-19+,28-25+,36-33-,49-46+. The third kappa shape index (κ3) is 49.0. The van der Waals surface area contributed by atoms with Gasteiger partial charge in [-0.15, -0.1) is 0 Å². The summed E-state index contributed by atoms with van der Waals surface area (Å²) < 4.78 is 30.6. The summed E-state index contributed by atoms with van der Waals surface area (Å²) in [6, 6.07) is -0.858. The molecule has 0 aromatic heterocycles. The van der Waals surface area contributed by atoms with Gasteiger partial charge in [0.1, 0.15) is 19.3 Å². The van der Waals surface area contributed by atoms with Gasteiger partial charge in [0.25, 0.3) is 0 Å². The Balaban J connectivity index is 5.43. The predicted octanol–water partition coefficient (Wildman–Crippen LogP) is 16.9. The fourth-order valence-corrected chi connectivity index (χ4v) is 8.78. The number of quaternary nitrogens is 1. The number of phosphoric acid groups is 1. The van der Waals surface area contributed by atoms with Gasteiger partial charge in [-0.1, -0.05) is 211 Å². The Kier molecular flexibility index (Phi) is 47.1. The molecule has 9 nitrogen and oxygen atoms in total. The van der Waals surface area contributed by atoms with E-state index in [2.05, 4.69) is 62.5 Å². The Hall–Kier alpha value is -2.03. The highest BCUT2D eigenvalue weighted by Gasteiger charge is 2.30. The van der Waals surface area contributed by atoms with Crippen molar-refractivity contribution in [3.8, 4) is 0 Å². The largest absolute Gasteiger partial charge is 0.472 e. The van der Waals surface area contributed by atoms with Crippen LogP contribution in [0.4, 0.5) is 0 Å². The van der Waals surface area contributed by atoms with Gasteiger partial charge in [-0.2, -0.15) is 0 Å². The number of likely N-dealkylation sites (N-methyl/N-ethyl adjacent to an activating group) is 1. The van der Waals surface area contributed by atoms with Crippen molar-refractivity contribution in [1.29, 1.82) is 0 Å². The van der Waals surface area contributed by atoms with E-state index in [0.29, 0.717) is 23.9 Å². The van der Waals surface area contributed by atoms with Crippen LogP contribution >= 0.6 is 7.82 Å². The van der Waals surface area contributed by atoms with E-state index in [1.165, 1.54) is 135 Å². The van der Waals surface area contributed by atoms with Gasteiger partial charge in [-0.3, -0.25) is 18.6 Å². The molecular formula is C58H110N2O7P+. The summed E-state index contributed by atoms with van der Waals surface area (Å²) >= 11 is 0. The molecule has 0 aromatic carbocycles. The van der Waals surface area contributed by atoms with Crippen molar-refractivity contribution in [3.63, 3.8) is 0 Å². The summed E-state index contributed by atoms with van der Waals surface area (Å²) in [5.41, 5.74) is 0. The average molecular weight is 978 g/mol. The van der Waals surface area contributed by atoms with E-state index in [9.17, 15) is 19.0 Å². The second-order valence-electron chi connectivity index (χ2n) is 20.5. The lowest BCUT2D eigenvalue weighted by molar-refractivity contribution is -0.870.